The van der Waals surface area contributed by atoms with Crippen molar-refractivity contribution >= 4 is 17.5 Å². The van der Waals surface area contributed by atoms with E-state index < -0.39 is 0 Å². The molecule has 3 aromatic rings. The molecule has 1 aromatic heterocycles. The molecule has 6 heteroatoms. The predicted molar refractivity (Wildman–Crippen MR) is 92.5 cm³/mol. The quantitative estimate of drug-likeness (QED) is 0.583. The van der Waals surface area contributed by atoms with Crippen LogP contribution in [-0.4, -0.2) is 14.7 Å². The van der Waals surface area contributed by atoms with Crippen LogP contribution in [0.1, 0.15) is 11.7 Å². The van der Waals surface area contributed by atoms with Gasteiger partial charge in [0.25, 0.3) is 0 Å². The molecule has 0 fully saturated rings. The van der Waals surface area contributed by atoms with Gasteiger partial charge < -0.3 is 5.32 Å². The molecule has 0 saturated carbocycles. The summed E-state index contributed by atoms with van der Waals surface area (Å²) in [5, 5.41) is 18.9. The normalized spacial score (nSPS) is 15.6. The van der Waals surface area contributed by atoms with E-state index >= 15 is 0 Å². The molecule has 1 atom stereocenters. The Balaban J connectivity index is 1.80. The van der Waals surface area contributed by atoms with Crippen LogP contribution in [0.15, 0.2) is 66.9 Å². The third-order valence-corrected chi connectivity index (χ3v) is 3.99. The number of nitrogens with one attached hydrogen (secondary N) is 1. The molecular formula is C18H14N4O2. The molecule has 0 aliphatic carbocycles. The van der Waals surface area contributed by atoms with E-state index in [4.69, 9.17) is 0 Å². The van der Waals surface area contributed by atoms with Crippen LogP contribution in [0.3, 0.4) is 0 Å². The second kappa shape index (κ2) is 5.66. The molecule has 2 heterocycles. The molecule has 1 aliphatic heterocycles. The second-order valence-electron chi connectivity index (χ2n) is 5.48. The van der Waals surface area contributed by atoms with E-state index in [-0.39, 0.29) is 16.8 Å². The predicted octanol–water partition coefficient (Wildman–Crippen LogP) is 4.10. The molecule has 6 nitrogen and oxygen atoms in total. The van der Waals surface area contributed by atoms with Crippen molar-refractivity contribution in [2.24, 2.45) is 0 Å². The van der Waals surface area contributed by atoms with Crippen LogP contribution >= 0.6 is 0 Å². The lowest BCUT2D eigenvalue weighted by Gasteiger charge is -2.26. The van der Waals surface area contributed by atoms with Crippen LogP contribution < -0.4 is 5.32 Å². The number of rotatable bonds is 3. The van der Waals surface area contributed by atoms with Gasteiger partial charge in [0.15, 0.2) is 5.69 Å². The number of aromatic nitrogens is 2. The summed E-state index contributed by atoms with van der Waals surface area (Å²) in [6.45, 7) is 0. The van der Waals surface area contributed by atoms with Crippen molar-refractivity contribution in [3.63, 3.8) is 0 Å². The summed E-state index contributed by atoms with van der Waals surface area (Å²) in [4.78, 5) is 11.0. The summed E-state index contributed by atoms with van der Waals surface area (Å²) in [5.74, 6) is 0. The van der Waals surface area contributed by atoms with Crippen LogP contribution in [0.2, 0.25) is 0 Å². The van der Waals surface area contributed by atoms with Crippen LogP contribution in [0.4, 0.5) is 11.4 Å². The van der Waals surface area contributed by atoms with Crippen molar-refractivity contribution in [2.45, 2.75) is 6.17 Å². The van der Waals surface area contributed by atoms with Crippen molar-refractivity contribution in [3.8, 4) is 11.3 Å². The zero-order valence-corrected chi connectivity index (χ0v) is 12.7. The van der Waals surface area contributed by atoms with Crippen LogP contribution in [0.5, 0.6) is 0 Å². The van der Waals surface area contributed by atoms with E-state index in [1.807, 2.05) is 66.7 Å². The molecule has 0 amide bonds. The van der Waals surface area contributed by atoms with Gasteiger partial charge in [-0.3, -0.25) is 10.1 Å². The first-order valence-corrected chi connectivity index (χ1v) is 7.55. The minimum absolute atomic E-state index is 0.0158. The SMILES string of the molecule is O=[N+]([O-])c1cnn2c1-c1ccccc1NC2/C=C/c1ccccc1. The molecule has 118 valence electrons. The zero-order chi connectivity index (χ0) is 16.5. The monoisotopic (exact) mass is 318 g/mol. The first-order chi connectivity index (χ1) is 11.7. The van der Waals surface area contributed by atoms with Crippen molar-refractivity contribution in [1.82, 2.24) is 9.78 Å². The molecule has 4 rings (SSSR count). The minimum atomic E-state index is -0.390. The lowest BCUT2D eigenvalue weighted by molar-refractivity contribution is -0.384. The minimum Gasteiger partial charge on any atom is -0.360 e. The number of anilines is 1. The molecule has 0 radical (unpaired) electrons. The Morgan fingerprint density at radius 1 is 1.12 bits per heavy atom. The molecule has 2 aromatic carbocycles. The van der Waals surface area contributed by atoms with Crippen molar-refractivity contribution in [2.75, 3.05) is 5.32 Å². The standard InChI is InChI=1S/C18H14N4O2/c23-22(24)16-12-19-21-17(11-10-13-6-2-1-3-7-13)20-15-9-5-4-8-14(15)18(16)21/h1-12,17,20H/b11-10+. The Bertz CT molecular complexity index is 931. The molecule has 1 aliphatic rings. The molecule has 1 N–H and O–H groups in total. The maximum atomic E-state index is 11.3. The van der Waals surface area contributed by atoms with Crippen LogP contribution in [0, 0.1) is 10.1 Å². The fourth-order valence-corrected chi connectivity index (χ4v) is 2.89. The zero-order valence-electron chi connectivity index (χ0n) is 12.7. The van der Waals surface area contributed by atoms with E-state index in [1.54, 1.807) is 4.68 Å². The first kappa shape index (κ1) is 14.2. The van der Waals surface area contributed by atoms with Crippen molar-refractivity contribution in [1.29, 1.82) is 0 Å². The van der Waals surface area contributed by atoms with Gasteiger partial charge in [0.05, 0.1) is 4.92 Å². The van der Waals surface area contributed by atoms with E-state index in [0.717, 1.165) is 16.8 Å². The maximum Gasteiger partial charge on any atom is 0.315 e. The molecular weight excluding hydrogens is 304 g/mol. The number of hydrogen-bond acceptors (Lipinski definition) is 4. The van der Waals surface area contributed by atoms with Gasteiger partial charge in [-0.05, 0) is 17.7 Å². The Kier molecular flexibility index (Phi) is 3.35. The summed E-state index contributed by atoms with van der Waals surface area (Å²) in [6.07, 6.45) is 4.94. The van der Waals surface area contributed by atoms with Gasteiger partial charge in [0.1, 0.15) is 12.4 Å². The summed E-state index contributed by atoms with van der Waals surface area (Å²) < 4.78 is 1.65. The maximum absolute atomic E-state index is 11.3. The average molecular weight is 318 g/mol. The van der Waals surface area contributed by atoms with Crippen molar-refractivity contribution < 1.29 is 4.92 Å². The summed E-state index contributed by atoms with van der Waals surface area (Å²) in [7, 11) is 0. The van der Waals surface area contributed by atoms with Gasteiger partial charge in [-0.1, -0.05) is 54.6 Å². The van der Waals surface area contributed by atoms with Crippen LogP contribution in [0.25, 0.3) is 17.3 Å². The topological polar surface area (TPSA) is 73.0 Å². The highest BCUT2D eigenvalue weighted by atomic mass is 16.6. The Morgan fingerprint density at radius 3 is 2.67 bits per heavy atom. The summed E-state index contributed by atoms with van der Waals surface area (Å²) in [6, 6.07) is 17.4. The fourth-order valence-electron chi connectivity index (χ4n) is 2.89. The lowest BCUT2D eigenvalue weighted by Crippen LogP contribution is -2.23. The Hall–Kier alpha value is -3.41. The molecule has 0 spiro atoms. The van der Waals surface area contributed by atoms with E-state index in [2.05, 4.69) is 10.4 Å². The number of nitrogens with zero attached hydrogens (tertiary/aromatic N) is 3. The summed E-state index contributed by atoms with van der Waals surface area (Å²) >= 11 is 0. The number of hydrogen-bond donors (Lipinski definition) is 1. The van der Waals surface area contributed by atoms with Crippen molar-refractivity contribution in [3.05, 3.63) is 82.5 Å². The Labute approximate surface area is 138 Å². The van der Waals surface area contributed by atoms with Gasteiger partial charge >= 0.3 is 5.69 Å². The lowest BCUT2D eigenvalue weighted by atomic mass is 10.1. The fraction of sp³-hybridized carbons (Fsp3) is 0.0556. The highest BCUT2D eigenvalue weighted by Crippen LogP contribution is 2.41. The number of fused-ring (bicyclic) bond motifs is 3. The second-order valence-corrected chi connectivity index (χ2v) is 5.48. The highest BCUT2D eigenvalue weighted by molar-refractivity contribution is 5.83. The molecule has 24 heavy (non-hydrogen) atoms. The first-order valence-electron chi connectivity index (χ1n) is 7.55. The third-order valence-electron chi connectivity index (χ3n) is 3.99. The van der Waals surface area contributed by atoms with E-state index in [1.165, 1.54) is 6.20 Å². The van der Waals surface area contributed by atoms with Crippen LogP contribution in [-0.2, 0) is 0 Å². The largest absolute Gasteiger partial charge is 0.360 e. The van der Waals surface area contributed by atoms with E-state index in [9.17, 15) is 10.1 Å². The van der Waals surface area contributed by atoms with Gasteiger partial charge in [-0.25, -0.2) is 4.68 Å². The smallest absolute Gasteiger partial charge is 0.315 e. The summed E-state index contributed by atoms with van der Waals surface area (Å²) in [5.41, 5.74) is 3.24. The number of nitro groups is 1. The third kappa shape index (κ3) is 2.34. The molecule has 0 saturated heterocycles. The van der Waals surface area contributed by atoms with Gasteiger partial charge in [0.2, 0.25) is 0 Å². The number of para-hydroxylation sites is 1. The number of benzene rings is 2. The van der Waals surface area contributed by atoms with E-state index in [0.29, 0.717) is 5.69 Å². The highest BCUT2D eigenvalue weighted by Gasteiger charge is 2.30. The average Bonchev–Trinajstić information content (AvgIpc) is 3.06. The molecule has 0 bridgehead atoms. The Morgan fingerprint density at radius 2 is 1.88 bits per heavy atom. The molecule has 1 unspecified atom stereocenters. The van der Waals surface area contributed by atoms with Gasteiger partial charge in [-0.2, -0.15) is 5.10 Å². The van der Waals surface area contributed by atoms with Gasteiger partial charge in [-0.15, -0.1) is 0 Å². The van der Waals surface area contributed by atoms with Gasteiger partial charge in [0, 0.05) is 11.3 Å².